The van der Waals surface area contributed by atoms with E-state index in [2.05, 4.69) is 9.88 Å². The molecule has 0 N–H and O–H groups in total. The number of carbonyl (C=O) groups excluding carboxylic acids is 1. The Morgan fingerprint density at radius 2 is 1.93 bits per heavy atom. The molecule has 8 nitrogen and oxygen atoms in total. The molecule has 1 saturated heterocycles. The Hall–Kier alpha value is -2.87. The van der Waals surface area contributed by atoms with Crippen LogP contribution in [0.2, 0.25) is 0 Å². The van der Waals surface area contributed by atoms with Gasteiger partial charge in [-0.25, -0.2) is 9.97 Å². The van der Waals surface area contributed by atoms with Crippen molar-refractivity contribution in [2.75, 3.05) is 44.5 Å². The van der Waals surface area contributed by atoms with E-state index in [-0.39, 0.29) is 12.7 Å². The molecular weight excluding hydrogens is 348 g/mol. The molecule has 5 rings (SSSR count). The van der Waals surface area contributed by atoms with Crippen LogP contribution in [0.3, 0.4) is 0 Å². The summed E-state index contributed by atoms with van der Waals surface area (Å²) in [6, 6.07) is 5.32. The zero-order valence-corrected chi connectivity index (χ0v) is 14.9. The molecule has 140 valence electrons. The molecule has 1 aromatic heterocycles. The van der Waals surface area contributed by atoms with Gasteiger partial charge < -0.3 is 24.0 Å². The Labute approximate surface area is 156 Å². The highest BCUT2D eigenvalue weighted by molar-refractivity contribution is 5.95. The fourth-order valence-corrected chi connectivity index (χ4v) is 3.59. The van der Waals surface area contributed by atoms with Gasteiger partial charge in [0.05, 0.1) is 25.5 Å². The number of morpholine rings is 1. The van der Waals surface area contributed by atoms with Crippen molar-refractivity contribution in [2.24, 2.45) is 0 Å². The van der Waals surface area contributed by atoms with Gasteiger partial charge in [-0.05, 0) is 30.2 Å². The number of rotatable bonds is 2. The second kappa shape index (κ2) is 6.70. The van der Waals surface area contributed by atoms with Crippen LogP contribution in [0.15, 0.2) is 24.4 Å². The highest BCUT2D eigenvalue weighted by Gasteiger charge is 2.26. The minimum atomic E-state index is -0.0227. The van der Waals surface area contributed by atoms with Crippen LogP contribution in [0.1, 0.15) is 21.6 Å². The molecule has 0 spiro atoms. The summed E-state index contributed by atoms with van der Waals surface area (Å²) < 4.78 is 16.1. The van der Waals surface area contributed by atoms with Crippen LogP contribution in [0.4, 0.5) is 5.95 Å². The van der Waals surface area contributed by atoms with Crippen molar-refractivity contribution < 1.29 is 19.0 Å². The summed E-state index contributed by atoms with van der Waals surface area (Å²) in [7, 11) is 0. The predicted molar refractivity (Wildman–Crippen MR) is 96.1 cm³/mol. The second-order valence-corrected chi connectivity index (χ2v) is 6.79. The van der Waals surface area contributed by atoms with E-state index in [0.717, 1.165) is 36.7 Å². The van der Waals surface area contributed by atoms with Crippen molar-refractivity contribution >= 4 is 11.9 Å². The zero-order chi connectivity index (χ0) is 18.2. The first-order valence-corrected chi connectivity index (χ1v) is 9.14. The van der Waals surface area contributed by atoms with Crippen LogP contribution in [-0.4, -0.2) is 60.4 Å². The van der Waals surface area contributed by atoms with Gasteiger partial charge in [0.25, 0.3) is 5.91 Å². The molecule has 0 saturated carbocycles. The first-order valence-electron chi connectivity index (χ1n) is 9.14. The quantitative estimate of drug-likeness (QED) is 0.789. The van der Waals surface area contributed by atoms with Crippen molar-refractivity contribution in [2.45, 2.75) is 13.0 Å². The summed E-state index contributed by atoms with van der Waals surface area (Å²) in [5, 5.41) is 0. The van der Waals surface area contributed by atoms with E-state index < -0.39 is 0 Å². The lowest BCUT2D eigenvalue weighted by molar-refractivity contribution is 0.0731. The summed E-state index contributed by atoms with van der Waals surface area (Å²) in [6.07, 6.45) is 2.66. The molecular formula is C19H20N4O4. The van der Waals surface area contributed by atoms with Gasteiger partial charge in [-0.2, -0.15) is 0 Å². The molecule has 0 radical (unpaired) electrons. The average Bonchev–Trinajstić information content (AvgIpc) is 3.21. The van der Waals surface area contributed by atoms with Crippen LogP contribution in [0.5, 0.6) is 11.5 Å². The first kappa shape index (κ1) is 16.3. The molecule has 1 amide bonds. The van der Waals surface area contributed by atoms with Crippen molar-refractivity contribution in [1.29, 1.82) is 0 Å². The predicted octanol–water partition coefficient (Wildman–Crippen LogP) is 1.24. The summed E-state index contributed by atoms with van der Waals surface area (Å²) in [5.74, 6) is 1.99. The maximum absolute atomic E-state index is 13.0. The molecule has 1 fully saturated rings. The number of fused-ring (bicyclic) bond motifs is 2. The number of anilines is 1. The summed E-state index contributed by atoms with van der Waals surface area (Å²) in [5.41, 5.74) is 2.64. The maximum Gasteiger partial charge on any atom is 0.254 e. The van der Waals surface area contributed by atoms with Gasteiger partial charge in [-0.3, -0.25) is 4.79 Å². The van der Waals surface area contributed by atoms with Crippen LogP contribution in [-0.2, 0) is 17.7 Å². The minimum absolute atomic E-state index is 0.0227. The molecule has 3 aliphatic rings. The van der Waals surface area contributed by atoms with E-state index in [1.165, 1.54) is 0 Å². The van der Waals surface area contributed by atoms with Crippen molar-refractivity contribution in [3.8, 4) is 11.5 Å². The Kier molecular flexibility index (Phi) is 4.05. The normalized spacial score (nSPS) is 18.4. The first-order chi connectivity index (χ1) is 13.3. The highest BCUT2D eigenvalue weighted by Crippen LogP contribution is 2.33. The summed E-state index contributed by atoms with van der Waals surface area (Å²) in [4.78, 5) is 26.2. The molecule has 0 unspecified atom stereocenters. The maximum atomic E-state index is 13.0. The largest absolute Gasteiger partial charge is 0.454 e. The molecule has 3 aliphatic heterocycles. The van der Waals surface area contributed by atoms with Crippen LogP contribution in [0, 0.1) is 0 Å². The number of hydrogen-bond donors (Lipinski definition) is 0. The molecule has 1 aromatic carbocycles. The Bertz CT molecular complexity index is 882. The van der Waals surface area contributed by atoms with Crippen LogP contribution < -0.4 is 14.4 Å². The lowest BCUT2D eigenvalue weighted by Gasteiger charge is -2.30. The molecule has 8 heteroatoms. The van der Waals surface area contributed by atoms with E-state index in [1.54, 1.807) is 18.2 Å². The zero-order valence-electron chi connectivity index (χ0n) is 14.9. The van der Waals surface area contributed by atoms with Crippen molar-refractivity contribution in [3.63, 3.8) is 0 Å². The van der Waals surface area contributed by atoms with Gasteiger partial charge in [-0.15, -0.1) is 0 Å². The lowest BCUT2D eigenvalue weighted by atomic mass is 10.1. The Balaban J connectivity index is 1.36. The standard InChI is InChI=1S/C19H20N4O4/c24-18(13-1-2-16-17(9-13)27-12-26-16)23-4-3-14-10-20-19(21-15(14)11-23)22-5-7-25-8-6-22/h1-2,9-10H,3-8,11-12H2. The van der Waals surface area contributed by atoms with Gasteiger partial charge in [0, 0.05) is 31.4 Å². The Morgan fingerprint density at radius 1 is 1.07 bits per heavy atom. The van der Waals surface area contributed by atoms with Crippen molar-refractivity contribution in [1.82, 2.24) is 14.9 Å². The van der Waals surface area contributed by atoms with Gasteiger partial charge in [0.1, 0.15) is 0 Å². The average molecular weight is 368 g/mol. The van der Waals surface area contributed by atoms with Crippen LogP contribution >= 0.6 is 0 Å². The topological polar surface area (TPSA) is 77.0 Å². The fourth-order valence-electron chi connectivity index (χ4n) is 3.59. The third kappa shape index (κ3) is 3.06. The second-order valence-electron chi connectivity index (χ2n) is 6.79. The van der Waals surface area contributed by atoms with Gasteiger partial charge in [-0.1, -0.05) is 0 Å². The number of amides is 1. The molecule has 2 aromatic rings. The van der Waals surface area contributed by atoms with E-state index in [9.17, 15) is 4.79 Å². The molecule has 0 atom stereocenters. The molecule has 0 aliphatic carbocycles. The number of hydrogen-bond acceptors (Lipinski definition) is 7. The third-order valence-corrected chi connectivity index (χ3v) is 5.13. The van der Waals surface area contributed by atoms with E-state index in [4.69, 9.17) is 19.2 Å². The molecule has 27 heavy (non-hydrogen) atoms. The highest BCUT2D eigenvalue weighted by atomic mass is 16.7. The third-order valence-electron chi connectivity index (χ3n) is 5.13. The van der Waals surface area contributed by atoms with Gasteiger partial charge >= 0.3 is 0 Å². The molecule has 4 heterocycles. The number of ether oxygens (including phenoxy) is 3. The number of carbonyl (C=O) groups is 1. The van der Waals surface area contributed by atoms with E-state index in [0.29, 0.717) is 43.4 Å². The van der Waals surface area contributed by atoms with Gasteiger partial charge in [0.2, 0.25) is 12.7 Å². The number of aromatic nitrogens is 2. The monoisotopic (exact) mass is 368 g/mol. The molecule has 0 bridgehead atoms. The van der Waals surface area contributed by atoms with Gasteiger partial charge in [0.15, 0.2) is 11.5 Å². The summed E-state index contributed by atoms with van der Waals surface area (Å²) in [6.45, 7) is 4.30. The smallest absolute Gasteiger partial charge is 0.254 e. The SMILES string of the molecule is O=C(c1ccc2c(c1)OCO2)N1CCc2cnc(N3CCOCC3)nc2C1. The van der Waals surface area contributed by atoms with Crippen molar-refractivity contribution in [3.05, 3.63) is 41.2 Å². The van der Waals surface area contributed by atoms with E-state index >= 15 is 0 Å². The fraction of sp³-hybridized carbons (Fsp3) is 0.421. The lowest BCUT2D eigenvalue weighted by Crippen LogP contribution is -2.39. The Morgan fingerprint density at radius 3 is 2.81 bits per heavy atom. The van der Waals surface area contributed by atoms with E-state index in [1.807, 2.05) is 11.1 Å². The summed E-state index contributed by atoms with van der Waals surface area (Å²) >= 11 is 0. The van der Waals surface area contributed by atoms with Crippen LogP contribution in [0.25, 0.3) is 0 Å². The number of nitrogens with zero attached hydrogens (tertiary/aromatic N) is 4. The number of benzene rings is 1. The minimum Gasteiger partial charge on any atom is -0.454 e.